The molecule has 0 radical (unpaired) electrons. The van der Waals surface area contributed by atoms with Gasteiger partial charge in [0.25, 0.3) is 0 Å². The van der Waals surface area contributed by atoms with Crippen LogP contribution < -0.4 is 4.72 Å². The van der Waals surface area contributed by atoms with Gasteiger partial charge >= 0.3 is 0 Å². The lowest BCUT2D eigenvalue weighted by molar-refractivity contribution is 0.402. The SMILES string of the molecule is CCS(=O)(=O)Nc1ccc(CN(C)C)cc1. The first-order valence-electron chi connectivity index (χ1n) is 5.17. The predicted octanol–water partition coefficient (Wildman–Crippen LogP) is 1.51. The van der Waals surface area contributed by atoms with E-state index in [0.717, 1.165) is 12.1 Å². The lowest BCUT2D eigenvalue weighted by atomic mass is 10.2. The second kappa shape index (κ2) is 5.32. The number of rotatable bonds is 5. The highest BCUT2D eigenvalue weighted by Gasteiger charge is 2.06. The number of nitrogens with zero attached hydrogens (tertiary/aromatic N) is 1. The minimum absolute atomic E-state index is 0.0897. The smallest absolute Gasteiger partial charge is 0.232 e. The molecule has 0 aromatic heterocycles. The Morgan fingerprint density at radius 1 is 1.19 bits per heavy atom. The zero-order valence-electron chi connectivity index (χ0n) is 9.90. The molecule has 0 bridgehead atoms. The van der Waals surface area contributed by atoms with Crippen LogP contribution in [0.3, 0.4) is 0 Å². The third kappa shape index (κ3) is 4.20. The highest BCUT2D eigenvalue weighted by atomic mass is 32.2. The van der Waals surface area contributed by atoms with E-state index in [0.29, 0.717) is 5.69 Å². The molecule has 0 unspecified atom stereocenters. The highest BCUT2D eigenvalue weighted by molar-refractivity contribution is 7.92. The summed E-state index contributed by atoms with van der Waals surface area (Å²) in [4.78, 5) is 2.06. The number of benzene rings is 1. The first-order valence-corrected chi connectivity index (χ1v) is 6.82. The van der Waals surface area contributed by atoms with E-state index >= 15 is 0 Å². The fourth-order valence-electron chi connectivity index (χ4n) is 1.30. The molecule has 0 atom stereocenters. The fourth-order valence-corrected chi connectivity index (χ4v) is 1.93. The van der Waals surface area contributed by atoms with Gasteiger partial charge in [-0.15, -0.1) is 0 Å². The van der Waals surface area contributed by atoms with E-state index in [4.69, 9.17) is 0 Å². The molecule has 4 nitrogen and oxygen atoms in total. The number of anilines is 1. The molecule has 1 aromatic carbocycles. The van der Waals surface area contributed by atoms with Crippen LogP contribution >= 0.6 is 0 Å². The molecule has 5 heteroatoms. The summed E-state index contributed by atoms with van der Waals surface area (Å²) in [6, 6.07) is 7.42. The van der Waals surface area contributed by atoms with Gasteiger partial charge in [0.2, 0.25) is 10.0 Å². The second-order valence-corrected chi connectivity index (χ2v) is 5.95. The summed E-state index contributed by atoms with van der Waals surface area (Å²) in [6.45, 7) is 2.46. The van der Waals surface area contributed by atoms with Crippen molar-refractivity contribution in [3.05, 3.63) is 29.8 Å². The quantitative estimate of drug-likeness (QED) is 0.851. The largest absolute Gasteiger partial charge is 0.305 e. The number of nitrogens with one attached hydrogen (secondary N) is 1. The van der Waals surface area contributed by atoms with Crippen molar-refractivity contribution in [1.29, 1.82) is 0 Å². The van der Waals surface area contributed by atoms with Crippen molar-refractivity contribution in [3.8, 4) is 0 Å². The van der Waals surface area contributed by atoms with Crippen LogP contribution in [0.2, 0.25) is 0 Å². The molecule has 0 saturated heterocycles. The monoisotopic (exact) mass is 242 g/mol. The van der Waals surface area contributed by atoms with Gasteiger partial charge in [0.05, 0.1) is 5.75 Å². The lowest BCUT2D eigenvalue weighted by Gasteiger charge is -2.10. The van der Waals surface area contributed by atoms with Crippen molar-refractivity contribution >= 4 is 15.7 Å². The third-order valence-electron chi connectivity index (χ3n) is 2.11. The van der Waals surface area contributed by atoms with Gasteiger partial charge in [0.15, 0.2) is 0 Å². The minimum Gasteiger partial charge on any atom is -0.305 e. The van der Waals surface area contributed by atoms with Crippen LogP contribution in [-0.2, 0) is 16.6 Å². The molecule has 16 heavy (non-hydrogen) atoms. The van der Waals surface area contributed by atoms with Gasteiger partial charge < -0.3 is 4.90 Å². The van der Waals surface area contributed by atoms with Crippen molar-refractivity contribution in [2.45, 2.75) is 13.5 Å². The first-order chi connectivity index (χ1) is 7.43. The molecule has 0 aliphatic carbocycles. The van der Waals surface area contributed by atoms with E-state index in [1.807, 2.05) is 26.2 Å². The maximum Gasteiger partial charge on any atom is 0.232 e. The van der Waals surface area contributed by atoms with E-state index in [1.165, 1.54) is 0 Å². The molecular formula is C11H18N2O2S. The second-order valence-electron chi connectivity index (χ2n) is 3.94. The first kappa shape index (κ1) is 13.0. The Morgan fingerprint density at radius 2 is 1.75 bits per heavy atom. The Balaban J connectivity index is 2.72. The van der Waals surface area contributed by atoms with Gasteiger partial charge in [0.1, 0.15) is 0 Å². The Bertz CT molecular complexity index is 424. The van der Waals surface area contributed by atoms with Crippen LogP contribution in [0.1, 0.15) is 12.5 Å². The van der Waals surface area contributed by atoms with Crippen molar-refractivity contribution in [3.63, 3.8) is 0 Å². The summed E-state index contributed by atoms with van der Waals surface area (Å²) in [6.07, 6.45) is 0. The van der Waals surface area contributed by atoms with E-state index in [2.05, 4.69) is 9.62 Å². The van der Waals surface area contributed by atoms with Gasteiger partial charge in [-0.1, -0.05) is 12.1 Å². The van der Waals surface area contributed by atoms with Crippen molar-refractivity contribution < 1.29 is 8.42 Å². The molecule has 0 saturated carbocycles. The molecule has 0 aliphatic heterocycles. The van der Waals surface area contributed by atoms with Crippen LogP contribution in [0.5, 0.6) is 0 Å². The molecule has 0 spiro atoms. The summed E-state index contributed by atoms with van der Waals surface area (Å²) in [5.41, 5.74) is 1.77. The number of hydrogen-bond donors (Lipinski definition) is 1. The van der Waals surface area contributed by atoms with E-state index in [-0.39, 0.29) is 5.75 Å². The van der Waals surface area contributed by atoms with Gasteiger partial charge in [-0.25, -0.2) is 8.42 Å². The standard InChI is InChI=1S/C11H18N2O2S/c1-4-16(14,15)12-11-7-5-10(6-8-11)9-13(2)3/h5-8,12H,4,9H2,1-3H3. The number of sulfonamides is 1. The molecule has 0 fully saturated rings. The Morgan fingerprint density at radius 3 is 2.19 bits per heavy atom. The van der Waals surface area contributed by atoms with Crippen LogP contribution in [0.25, 0.3) is 0 Å². The fraction of sp³-hybridized carbons (Fsp3) is 0.455. The normalized spacial score (nSPS) is 11.8. The van der Waals surface area contributed by atoms with E-state index in [1.54, 1.807) is 19.1 Å². The average molecular weight is 242 g/mol. The molecule has 0 amide bonds. The lowest BCUT2D eigenvalue weighted by Crippen LogP contribution is -2.14. The van der Waals surface area contributed by atoms with Gasteiger partial charge in [-0.3, -0.25) is 4.72 Å². The van der Waals surface area contributed by atoms with Crippen LogP contribution in [0, 0.1) is 0 Å². The third-order valence-corrected chi connectivity index (χ3v) is 3.41. The summed E-state index contributed by atoms with van der Waals surface area (Å²) in [5, 5.41) is 0. The molecule has 90 valence electrons. The highest BCUT2D eigenvalue weighted by Crippen LogP contribution is 2.12. The zero-order valence-corrected chi connectivity index (χ0v) is 10.7. The van der Waals surface area contributed by atoms with Gasteiger partial charge in [-0.05, 0) is 38.7 Å². The molecule has 0 heterocycles. The maximum atomic E-state index is 11.3. The van der Waals surface area contributed by atoms with Crippen LogP contribution in [0.15, 0.2) is 24.3 Å². The molecular weight excluding hydrogens is 224 g/mol. The summed E-state index contributed by atoms with van der Waals surface area (Å²) in [5.74, 6) is 0.0897. The zero-order chi connectivity index (χ0) is 12.2. The Hall–Kier alpha value is -1.07. The van der Waals surface area contributed by atoms with Crippen molar-refractivity contribution in [1.82, 2.24) is 4.90 Å². The molecule has 1 rings (SSSR count). The van der Waals surface area contributed by atoms with E-state index in [9.17, 15) is 8.42 Å². The van der Waals surface area contributed by atoms with Crippen LogP contribution in [-0.4, -0.2) is 33.2 Å². The predicted molar refractivity (Wildman–Crippen MR) is 66.9 cm³/mol. The molecule has 1 aromatic rings. The average Bonchev–Trinajstić information content (AvgIpc) is 2.20. The van der Waals surface area contributed by atoms with Gasteiger partial charge in [-0.2, -0.15) is 0 Å². The van der Waals surface area contributed by atoms with Crippen molar-refractivity contribution in [2.75, 3.05) is 24.6 Å². The van der Waals surface area contributed by atoms with Crippen molar-refractivity contribution in [2.24, 2.45) is 0 Å². The van der Waals surface area contributed by atoms with Crippen LogP contribution in [0.4, 0.5) is 5.69 Å². The Labute approximate surface area is 97.3 Å². The Kier molecular flexibility index (Phi) is 4.32. The molecule has 1 N–H and O–H groups in total. The summed E-state index contributed by atoms with van der Waals surface area (Å²) >= 11 is 0. The molecule has 0 aliphatic rings. The maximum absolute atomic E-state index is 11.3. The summed E-state index contributed by atoms with van der Waals surface area (Å²) < 4.78 is 25.1. The minimum atomic E-state index is -3.17. The van der Waals surface area contributed by atoms with E-state index < -0.39 is 10.0 Å². The topological polar surface area (TPSA) is 49.4 Å². The summed E-state index contributed by atoms with van der Waals surface area (Å²) in [7, 11) is 0.819. The number of hydrogen-bond acceptors (Lipinski definition) is 3. The van der Waals surface area contributed by atoms with Gasteiger partial charge in [0, 0.05) is 12.2 Å².